The highest BCUT2D eigenvalue weighted by Gasteiger charge is 2.53. The van der Waals surface area contributed by atoms with Gasteiger partial charge < -0.3 is 15.0 Å². The number of ether oxygens (including phenoxy) is 1. The molecule has 0 aromatic rings. The molecule has 19 heavy (non-hydrogen) atoms. The van der Waals surface area contributed by atoms with E-state index in [0.717, 1.165) is 31.2 Å². The third-order valence-electron chi connectivity index (χ3n) is 5.54. The van der Waals surface area contributed by atoms with Gasteiger partial charge in [-0.15, -0.1) is 0 Å². The second-order valence-electron chi connectivity index (χ2n) is 6.63. The maximum absolute atomic E-state index is 12.3. The van der Waals surface area contributed by atoms with Crippen LogP contribution in [0.25, 0.3) is 0 Å². The quantitative estimate of drug-likeness (QED) is 0.761. The molecule has 3 rings (SSSR count). The van der Waals surface area contributed by atoms with E-state index in [1.54, 1.807) is 0 Å². The van der Waals surface area contributed by atoms with Crippen LogP contribution in [0.5, 0.6) is 0 Å². The highest BCUT2D eigenvalue weighted by Crippen LogP contribution is 2.43. The minimum absolute atomic E-state index is 0.0745. The van der Waals surface area contributed by atoms with E-state index in [9.17, 15) is 4.79 Å². The summed E-state index contributed by atoms with van der Waals surface area (Å²) in [6.45, 7) is 3.18. The number of likely N-dealkylation sites (N-methyl/N-ethyl adjacent to an activating group) is 1. The van der Waals surface area contributed by atoms with Gasteiger partial charge in [-0.3, -0.25) is 0 Å². The van der Waals surface area contributed by atoms with Gasteiger partial charge in [0, 0.05) is 19.6 Å². The molecule has 1 heterocycles. The fourth-order valence-electron chi connectivity index (χ4n) is 4.32. The molecule has 0 amide bonds. The first kappa shape index (κ1) is 13.4. The van der Waals surface area contributed by atoms with Crippen LogP contribution in [0, 0.1) is 17.8 Å². The van der Waals surface area contributed by atoms with Gasteiger partial charge in [0.25, 0.3) is 0 Å². The van der Waals surface area contributed by atoms with Crippen LogP contribution in [0.15, 0.2) is 0 Å². The Morgan fingerprint density at radius 1 is 1.26 bits per heavy atom. The maximum Gasteiger partial charge on any atom is 0.327 e. The van der Waals surface area contributed by atoms with Crippen LogP contribution < -0.4 is 5.32 Å². The Labute approximate surface area is 115 Å². The number of methoxy groups -OCH3 is 1. The highest BCUT2D eigenvalue weighted by molar-refractivity contribution is 5.82. The zero-order chi connectivity index (χ0) is 13.5. The predicted molar refractivity (Wildman–Crippen MR) is 73.8 cm³/mol. The molecule has 0 radical (unpaired) electrons. The number of hydrogen-bond acceptors (Lipinski definition) is 4. The van der Waals surface area contributed by atoms with Crippen molar-refractivity contribution in [3.05, 3.63) is 0 Å². The Morgan fingerprint density at radius 3 is 2.37 bits per heavy atom. The highest BCUT2D eigenvalue weighted by atomic mass is 16.5. The van der Waals surface area contributed by atoms with Gasteiger partial charge in [0.05, 0.1) is 7.11 Å². The molecular formula is C15H26N2O2. The minimum Gasteiger partial charge on any atom is -0.468 e. The molecule has 3 aliphatic rings. The molecule has 1 aliphatic heterocycles. The van der Waals surface area contributed by atoms with Crippen molar-refractivity contribution in [1.29, 1.82) is 0 Å². The van der Waals surface area contributed by atoms with Gasteiger partial charge in [-0.2, -0.15) is 0 Å². The number of fused-ring (bicyclic) bond motifs is 1. The topological polar surface area (TPSA) is 41.6 Å². The first-order chi connectivity index (χ1) is 9.19. The summed E-state index contributed by atoms with van der Waals surface area (Å²) < 4.78 is 5.08. The van der Waals surface area contributed by atoms with E-state index in [0.29, 0.717) is 5.92 Å². The lowest BCUT2D eigenvalue weighted by atomic mass is 9.92. The minimum atomic E-state index is -0.465. The van der Waals surface area contributed by atoms with Crippen molar-refractivity contribution in [2.45, 2.75) is 37.6 Å². The summed E-state index contributed by atoms with van der Waals surface area (Å²) in [4.78, 5) is 14.8. The number of hydrogen-bond donors (Lipinski definition) is 1. The standard InChI is InChI=1S/C15H26N2O2/c1-16-15(13-6-7-13,14(18)19-2)10-17-8-11-4-3-5-12(11)9-17/h11-13,16H,3-10H2,1-2H3. The second-order valence-corrected chi connectivity index (χ2v) is 6.63. The summed E-state index contributed by atoms with van der Waals surface area (Å²) in [6, 6.07) is 0. The Hall–Kier alpha value is -0.610. The molecule has 108 valence electrons. The Balaban J connectivity index is 1.69. The summed E-state index contributed by atoms with van der Waals surface area (Å²) in [7, 11) is 3.42. The van der Waals surface area contributed by atoms with Crippen LogP contribution in [0.4, 0.5) is 0 Å². The largest absolute Gasteiger partial charge is 0.468 e. The van der Waals surface area contributed by atoms with Crippen LogP contribution in [0.1, 0.15) is 32.1 Å². The monoisotopic (exact) mass is 266 g/mol. The molecule has 0 aromatic carbocycles. The van der Waals surface area contributed by atoms with Gasteiger partial charge in [-0.1, -0.05) is 6.42 Å². The zero-order valence-corrected chi connectivity index (χ0v) is 12.2. The average Bonchev–Trinajstić information content (AvgIpc) is 3.07. The normalized spacial score (nSPS) is 34.0. The molecule has 3 unspecified atom stereocenters. The van der Waals surface area contributed by atoms with E-state index in [2.05, 4.69) is 10.2 Å². The number of nitrogens with zero attached hydrogens (tertiary/aromatic N) is 1. The van der Waals surface area contributed by atoms with Gasteiger partial charge in [0.2, 0.25) is 0 Å². The summed E-state index contributed by atoms with van der Waals surface area (Å²) in [5.74, 6) is 2.15. The molecule has 4 nitrogen and oxygen atoms in total. The van der Waals surface area contributed by atoms with Crippen molar-refractivity contribution in [1.82, 2.24) is 10.2 Å². The Morgan fingerprint density at radius 2 is 1.89 bits per heavy atom. The lowest BCUT2D eigenvalue weighted by Gasteiger charge is -2.35. The smallest absolute Gasteiger partial charge is 0.327 e. The Bertz CT molecular complexity index is 344. The lowest BCUT2D eigenvalue weighted by molar-refractivity contribution is -0.150. The van der Waals surface area contributed by atoms with Crippen molar-refractivity contribution in [3.8, 4) is 0 Å². The van der Waals surface area contributed by atoms with E-state index in [1.807, 2.05) is 7.05 Å². The van der Waals surface area contributed by atoms with Crippen molar-refractivity contribution < 1.29 is 9.53 Å². The molecule has 1 N–H and O–H groups in total. The number of nitrogens with one attached hydrogen (secondary N) is 1. The summed E-state index contributed by atoms with van der Waals surface area (Å²) in [5, 5.41) is 3.30. The number of esters is 1. The molecule has 2 saturated carbocycles. The van der Waals surface area contributed by atoms with E-state index in [4.69, 9.17) is 4.74 Å². The second kappa shape index (κ2) is 5.06. The molecule has 0 aromatic heterocycles. The first-order valence-corrected chi connectivity index (χ1v) is 7.69. The van der Waals surface area contributed by atoms with Crippen LogP contribution in [-0.2, 0) is 9.53 Å². The molecule has 3 atom stereocenters. The van der Waals surface area contributed by atoms with Crippen LogP contribution in [0.2, 0.25) is 0 Å². The molecule has 0 bridgehead atoms. The zero-order valence-electron chi connectivity index (χ0n) is 12.2. The number of carbonyl (C=O) groups excluding carboxylic acids is 1. The summed E-state index contributed by atoms with van der Waals surface area (Å²) >= 11 is 0. The van der Waals surface area contributed by atoms with E-state index in [1.165, 1.54) is 39.5 Å². The van der Waals surface area contributed by atoms with Crippen molar-refractivity contribution in [2.75, 3.05) is 33.8 Å². The van der Waals surface area contributed by atoms with Crippen molar-refractivity contribution >= 4 is 5.97 Å². The third kappa shape index (κ3) is 2.29. The summed E-state index contributed by atoms with van der Waals surface area (Å²) in [6.07, 6.45) is 6.47. The number of likely N-dealkylation sites (tertiary alicyclic amines) is 1. The first-order valence-electron chi connectivity index (χ1n) is 7.69. The van der Waals surface area contributed by atoms with Crippen molar-refractivity contribution in [2.24, 2.45) is 17.8 Å². The van der Waals surface area contributed by atoms with E-state index >= 15 is 0 Å². The van der Waals surface area contributed by atoms with Crippen LogP contribution >= 0.6 is 0 Å². The van der Waals surface area contributed by atoms with E-state index in [-0.39, 0.29) is 5.97 Å². The number of carbonyl (C=O) groups is 1. The van der Waals surface area contributed by atoms with Crippen LogP contribution in [0.3, 0.4) is 0 Å². The van der Waals surface area contributed by atoms with Gasteiger partial charge in [-0.05, 0) is 50.5 Å². The van der Waals surface area contributed by atoms with Gasteiger partial charge in [-0.25, -0.2) is 4.79 Å². The van der Waals surface area contributed by atoms with Crippen LogP contribution in [-0.4, -0.2) is 50.2 Å². The average molecular weight is 266 g/mol. The summed E-state index contributed by atoms with van der Waals surface area (Å²) in [5.41, 5.74) is -0.465. The maximum atomic E-state index is 12.3. The SMILES string of the molecule is CNC(CN1CC2CCCC2C1)(C(=O)OC)C1CC1. The van der Waals surface area contributed by atoms with Gasteiger partial charge in [0.1, 0.15) is 5.54 Å². The Kier molecular flexibility index (Phi) is 3.56. The van der Waals surface area contributed by atoms with Gasteiger partial charge in [0.15, 0.2) is 0 Å². The third-order valence-corrected chi connectivity index (χ3v) is 5.54. The molecular weight excluding hydrogens is 240 g/mol. The molecule has 4 heteroatoms. The van der Waals surface area contributed by atoms with E-state index < -0.39 is 5.54 Å². The lowest BCUT2D eigenvalue weighted by Crippen LogP contribution is -2.59. The molecule has 1 saturated heterocycles. The molecule has 2 aliphatic carbocycles. The fourth-order valence-corrected chi connectivity index (χ4v) is 4.32. The fraction of sp³-hybridized carbons (Fsp3) is 0.933. The number of rotatable bonds is 5. The van der Waals surface area contributed by atoms with Crippen molar-refractivity contribution in [3.63, 3.8) is 0 Å². The molecule has 0 spiro atoms. The molecule has 3 fully saturated rings. The van der Waals surface area contributed by atoms with Gasteiger partial charge >= 0.3 is 5.97 Å². The predicted octanol–water partition coefficient (Wildman–Crippen LogP) is 1.26.